The summed E-state index contributed by atoms with van der Waals surface area (Å²) in [5.74, 6) is 0.763. The van der Waals surface area contributed by atoms with E-state index in [-0.39, 0.29) is 12.5 Å². The SMILES string of the molecule is COc1ccc(/C=C/C(=O)Nc2ccccc2CO[N+](=O)[O-])cc1OC. The second-order valence-electron chi connectivity index (χ2n) is 5.09. The molecule has 0 aliphatic rings. The number of para-hydroxylation sites is 1. The van der Waals surface area contributed by atoms with Crippen molar-refractivity contribution < 1.29 is 24.2 Å². The number of carbonyl (C=O) groups excluding carboxylic acids is 1. The lowest BCUT2D eigenvalue weighted by Gasteiger charge is -2.09. The molecule has 0 unspecified atom stereocenters. The van der Waals surface area contributed by atoms with Gasteiger partial charge in [0.25, 0.3) is 5.09 Å². The van der Waals surface area contributed by atoms with Gasteiger partial charge in [0.1, 0.15) is 6.61 Å². The number of nitrogens with zero attached hydrogens (tertiary/aromatic N) is 1. The average molecular weight is 358 g/mol. The molecule has 1 amide bonds. The molecule has 2 rings (SSSR count). The largest absolute Gasteiger partial charge is 0.493 e. The van der Waals surface area contributed by atoms with E-state index < -0.39 is 5.09 Å². The topological polar surface area (TPSA) is 99.9 Å². The van der Waals surface area contributed by atoms with Crippen molar-refractivity contribution >= 4 is 17.7 Å². The van der Waals surface area contributed by atoms with Gasteiger partial charge in [-0.25, -0.2) is 0 Å². The molecule has 2 aromatic rings. The van der Waals surface area contributed by atoms with Crippen LogP contribution in [0.2, 0.25) is 0 Å². The Morgan fingerprint density at radius 2 is 1.88 bits per heavy atom. The molecule has 8 heteroatoms. The highest BCUT2D eigenvalue weighted by Gasteiger charge is 2.07. The van der Waals surface area contributed by atoms with Crippen molar-refractivity contribution in [2.75, 3.05) is 19.5 Å². The monoisotopic (exact) mass is 358 g/mol. The van der Waals surface area contributed by atoms with E-state index in [1.807, 2.05) is 0 Å². The maximum absolute atomic E-state index is 12.1. The average Bonchev–Trinajstić information content (AvgIpc) is 2.65. The Morgan fingerprint density at radius 3 is 2.58 bits per heavy atom. The number of ether oxygens (including phenoxy) is 2. The molecule has 136 valence electrons. The number of hydrogen-bond donors (Lipinski definition) is 1. The zero-order valence-corrected chi connectivity index (χ0v) is 14.3. The maximum atomic E-state index is 12.1. The molecular weight excluding hydrogens is 340 g/mol. The van der Waals surface area contributed by atoms with Crippen LogP contribution in [0.4, 0.5) is 5.69 Å². The number of rotatable bonds is 8. The van der Waals surface area contributed by atoms with Crippen LogP contribution in [0.15, 0.2) is 48.5 Å². The Balaban J connectivity index is 2.07. The predicted molar refractivity (Wildman–Crippen MR) is 95.4 cm³/mol. The van der Waals surface area contributed by atoms with Crippen LogP contribution in [-0.4, -0.2) is 25.2 Å². The highest BCUT2D eigenvalue weighted by molar-refractivity contribution is 6.02. The van der Waals surface area contributed by atoms with Crippen LogP contribution in [0.25, 0.3) is 6.08 Å². The van der Waals surface area contributed by atoms with Crippen LogP contribution in [0, 0.1) is 10.1 Å². The molecule has 0 aliphatic heterocycles. The van der Waals surface area contributed by atoms with Gasteiger partial charge < -0.3 is 19.6 Å². The summed E-state index contributed by atoms with van der Waals surface area (Å²) in [6.07, 6.45) is 2.97. The Kier molecular flexibility index (Phi) is 6.55. The summed E-state index contributed by atoms with van der Waals surface area (Å²) in [7, 11) is 3.07. The highest BCUT2D eigenvalue weighted by Crippen LogP contribution is 2.28. The first kappa shape index (κ1) is 18.8. The van der Waals surface area contributed by atoms with Crippen LogP contribution >= 0.6 is 0 Å². The van der Waals surface area contributed by atoms with E-state index in [9.17, 15) is 14.9 Å². The van der Waals surface area contributed by atoms with Gasteiger partial charge >= 0.3 is 0 Å². The number of nitrogens with one attached hydrogen (secondary N) is 1. The second-order valence-corrected chi connectivity index (χ2v) is 5.09. The standard InChI is InChI=1S/C18H18N2O6/c1-24-16-9-7-13(11-17(16)25-2)8-10-18(21)19-15-6-4-3-5-14(15)12-26-20(22)23/h3-11H,12H2,1-2H3,(H,19,21)/b10-8+. The lowest BCUT2D eigenvalue weighted by atomic mass is 10.1. The fraction of sp³-hybridized carbons (Fsp3) is 0.167. The maximum Gasteiger partial charge on any atom is 0.294 e. The van der Waals surface area contributed by atoms with Gasteiger partial charge in [0.05, 0.1) is 14.2 Å². The fourth-order valence-electron chi connectivity index (χ4n) is 2.19. The van der Waals surface area contributed by atoms with Gasteiger partial charge in [-0.1, -0.05) is 24.3 Å². The van der Waals surface area contributed by atoms with E-state index in [0.717, 1.165) is 5.56 Å². The van der Waals surface area contributed by atoms with Gasteiger partial charge in [-0.2, -0.15) is 0 Å². The van der Waals surface area contributed by atoms with Crippen molar-refractivity contribution in [3.8, 4) is 11.5 Å². The molecule has 0 aliphatic carbocycles. The molecule has 1 N–H and O–H groups in total. The van der Waals surface area contributed by atoms with Gasteiger partial charge in [0, 0.05) is 17.3 Å². The minimum Gasteiger partial charge on any atom is -0.493 e. The molecule has 2 aromatic carbocycles. The third-order valence-electron chi connectivity index (χ3n) is 3.44. The van der Waals surface area contributed by atoms with Crippen LogP contribution < -0.4 is 14.8 Å². The van der Waals surface area contributed by atoms with Crippen molar-refractivity contribution in [1.29, 1.82) is 0 Å². The van der Waals surface area contributed by atoms with Crippen molar-refractivity contribution in [1.82, 2.24) is 0 Å². The van der Waals surface area contributed by atoms with Crippen molar-refractivity contribution in [3.63, 3.8) is 0 Å². The normalized spacial score (nSPS) is 10.4. The molecule has 0 fully saturated rings. The summed E-state index contributed by atoms with van der Waals surface area (Å²) in [5.41, 5.74) is 1.69. The molecule has 0 heterocycles. The van der Waals surface area contributed by atoms with E-state index >= 15 is 0 Å². The highest BCUT2D eigenvalue weighted by atomic mass is 16.9. The number of methoxy groups -OCH3 is 2. The summed E-state index contributed by atoms with van der Waals surface area (Å²) in [4.78, 5) is 26.8. The Hall–Kier alpha value is -3.55. The van der Waals surface area contributed by atoms with Gasteiger partial charge in [0.2, 0.25) is 5.91 Å². The number of amides is 1. The summed E-state index contributed by atoms with van der Waals surface area (Å²) < 4.78 is 10.4. The van der Waals surface area contributed by atoms with Crippen LogP contribution in [0.5, 0.6) is 11.5 Å². The van der Waals surface area contributed by atoms with Crippen molar-refractivity contribution in [2.24, 2.45) is 0 Å². The summed E-state index contributed by atoms with van der Waals surface area (Å²) in [6, 6.07) is 11.9. The van der Waals surface area contributed by atoms with Gasteiger partial charge in [0.15, 0.2) is 11.5 Å². The number of anilines is 1. The quantitative estimate of drug-likeness (QED) is 0.442. The second kappa shape index (κ2) is 9.07. The summed E-state index contributed by atoms with van der Waals surface area (Å²) >= 11 is 0. The molecule has 0 spiro atoms. The van der Waals surface area contributed by atoms with E-state index in [1.165, 1.54) is 13.2 Å². The lowest BCUT2D eigenvalue weighted by molar-refractivity contribution is -0.762. The number of hydrogen-bond acceptors (Lipinski definition) is 6. The fourth-order valence-corrected chi connectivity index (χ4v) is 2.19. The first-order chi connectivity index (χ1) is 12.5. The summed E-state index contributed by atoms with van der Waals surface area (Å²) in [6.45, 7) is -0.247. The van der Waals surface area contributed by atoms with Gasteiger partial charge in [-0.05, 0) is 29.8 Å². The number of carbonyl (C=O) groups is 1. The molecule has 0 saturated carbocycles. The Morgan fingerprint density at radius 1 is 1.15 bits per heavy atom. The van der Waals surface area contributed by atoms with E-state index in [2.05, 4.69) is 10.2 Å². The van der Waals surface area contributed by atoms with E-state index in [1.54, 1.807) is 55.7 Å². The van der Waals surface area contributed by atoms with E-state index in [0.29, 0.717) is 22.7 Å². The van der Waals surface area contributed by atoms with Gasteiger partial charge in [-0.15, -0.1) is 10.1 Å². The van der Waals surface area contributed by atoms with Crippen LogP contribution in [0.1, 0.15) is 11.1 Å². The summed E-state index contributed by atoms with van der Waals surface area (Å²) in [5, 5.41) is 12.1. The zero-order valence-electron chi connectivity index (χ0n) is 14.3. The van der Waals surface area contributed by atoms with Gasteiger partial charge in [-0.3, -0.25) is 4.79 Å². The number of benzene rings is 2. The smallest absolute Gasteiger partial charge is 0.294 e. The minimum absolute atomic E-state index is 0.247. The van der Waals surface area contributed by atoms with Crippen molar-refractivity contribution in [3.05, 3.63) is 69.8 Å². The molecular formula is C18H18N2O6. The molecule has 0 saturated heterocycles. The molecule has 0 atom stereocenters. The molecule has 0 aromatic heterocycles. The van der Waals surface area contributed by atoms with Crippen molar-refractivity contribution in [2.45, 2.75) is 6.61 Å². The first-order valence-corrected chi connectivity index (χ1v) is 7.59. The van der Waals surface area contributed by atoms with Crippen LogP contribution in [-0.2, 0) is 16.2 Å². The Bertz CT molecular complexity index is 819. The zero-order chi connectivity index (χ0) is 18.9. The molecule has 0 bridgehead atoms. The lowest BCUT2D eigenvalue weighted by Crippen LogP contribution is -2.11. The third kappa shape index (κ3) is 5.23. The molecule has 26 heavy (non-hydrogen) atoms. The first-order valence-electron chi connectivity index (χ1n) is 7.59. The van der Waals surface area contributed by atoms with E-state index in [4.69, 9.17) is 9.47 Å². The third-order valence-corrected chi connectivity index (χ3v) is 3.44. The Labute approximate surface area is 150 Å². The minimum atomic E-state index is -0.879. The molecule has 0 radical (unpaired) electrons. The van der Waals surface area contributed by atoms with Crippen LogP contribution in [0.3, 0.4) is 0 Å². The predicted octanol–water partition coefficient (Wildman–Crippen LogP) is 3.06. The molecule has 8 nitrogen and oxygen atoms in total.